The Labute approximate surface area is 218 Å². The first kappa shape index (κ1) is 29.7. The van der Waals surface area contributed by atoms with Crippen molar-refractivity contribution in [2.45, 2.75) is 45.6 Å². The second-order valence-electron chi connectivity index (χ2n) is 8.38. The Bertz CT molecular complexity index is 1200. The van der Waals surface area contributed by atoms with E-state index >= 15 is 0 Å². The van der Waals surface area contributed by atoms with Crippen molar-refractivity contribution in [2.24, 2.45) is 0 Å². The standard InChI is InChI=1S/C23H26Cl2F3N3O4S/c1-14(2)29-22(33)15(3)30(12-18-19(24)9-6-10-20(18)25)21(32)13-31(36(4,34)35)17-8-5-7-16(11-17)23(26,27)28/h5-11,14-15H,12-13H2,1-4H3,(H,29,33)/t15-/m1/s1. The van der Waals surface area contributed by atoms with Crippen molar-refractivity contribution in [2.75, 3.05) is 17.1 Å². The predicted molar refractivity (Wildman–Crippen MR) is 133 cm³/mol. The fourth-order valence-corrected chi connectivity index (χ4v) is 4.65. The van der Waals surface area contributed by atoms with Crippen LogP contribution < -0.4 is 9.62 Å². The zero-order chi connectivity index (χ0) is 27.4. The lowest BCUT2D eigenvalue weighted by Gasteiger charge is -2.32. The van der Waals surface area contributed by atoms with Gasteiger partial charge in [0.05, 0.1) is 17.5 Å². The van der Waals surface area contributed by atoms with Gasteiger partial charge in [-0.1, -0.05) is 35.3 Å². The van der Waals surface area contributed by atoms with Gasteiger partial charge in [-0.2, -0.15) is 13.2 Å². The summed E-state index contributed by atoms with van der Waals surface area (Å²) >= 11 is 12.5. The molecule has 0 aliphatic heterocycles. The number of carbonyl (C=O) groups excluding carboxylic acids is 2. The van der Waals surface area contributed by atoms with E-state index in [2.05, 4.69) is 5.32 Å². The summed E-state index contributed by atoms with van der Waals surface area (Å²) in [6.45, 7) is 3.78. The van der Waals surface area contributed by atoms with Gasteiger partial charge in [0.25, 0.3) is 0 Å². The Morgan fingerprint density at radius 1 is 1.03 bits per heavy atom. The summed E-state index contributed by atoms with van der Waals surface area (Å²) in [6.07, 6.45) is -3.95. The molecule has 0 fully saturated rings. The molecule has 0 saturated heterocycles. The van der Waals surface area contributed by atoms with Gasteiger partial charge in [0.15, 0.2) is 0 Å². The number of halogens is 5. The summed E-state index contributed by atoms with van der Waals surface area (Å²) in [4.78, 5) is 27.3. The van der Waals surface area contributed by atoms with Gasteiger partial charge in [0.1, 0.15) is 12.6 Å². The number of rotatable bonds is 9. The largest absolute Gasteiger partial charge is 0.416 e. The molecular weight excluding hydrogens is 542 g/mol. The number of sulfonamides is 1. The first-order valence-electron chi connectivity index (χ1n) is 10.7. The molecule has 2 rings (SSSR count). The monoisotopic (exact) mass is 567 g/mol. The number of anilines is 1. The van der Waals surface area contributed by atoms with Crippen LogP contribution in [-0.4, -0.2) is 50.0 Å². The average molecular weight is 568 g/mol. The van der Waals surface area contributed by atoms with Crippen molar-refractivity contribution in [3.8, 4) is 0 Å². The summed E-state index contributed by atoms with van der Waals surface area (Å²) < 4.78 is 65.3. The van der Waals surface area contributed by atoms with Gasteiger partial charge in [-0.25, -0.2) is 8.42 Å². The summed E-state index contributed by atoms with van der Waals surface area (Å²) in [5.41, 5.74) is -1.11. The lowest BCUT2D eigenvalue weighted by molar-refractivity contribution is -0.139. The van der Waals surface area contributed by atoms with E-state index < -0.39 is 46.2 Å². The summed E-state index contributed by atoms with van der Waals surface area (Å²) in [5, 5.41) is 3.11. The second kappa shape index (κ2) is 11.7. The molecule has 0 aliphatic carbocycles. The number of hydrogen-bond donors (Lipinski definition) is 1. The molecule has 0 bridgehead atoms. The molecule has 0 aliphatic rings. The molecule has 198 valence electrons. The number of amides is 2. The minimum Gasteiger partial charge on any atom is -0.352 e. The summed E-state index contributed by atoms with van der Waals surface area (Å²) in [7, 11) is -4.20. The molecule has 7 nitrogen and oxygen atoms in total. The van der Waals surface area contributed by atoms with Crippen molar-refractivity contribution in [1.29, 1.82) is 0 Å². The van der Waals surface area contributed by atoms with E-state index in [9.17, 15) is 31.2 Å². The zero-order valence-corrected chi connectivity index (χ0v) is 22.3. The Morgan fingerprint density at radius 2 is 1.58 bits per heavy atom. The minimum atomic E-state index is -4.72. The number of benzene rings is 2. The van der Waals surface area contributed by atoms with E-state index in [0.29, 0.717) is 15.9 Å². The quantitative estimate of drug-likeness (QED) is 0.475. The van der Waals surface area contributed by atoms with E-state index in [1.54, 1.807) is 19.9 Å². The fourth-order valence-electron chi connectivity index (χ4n) is 3.29. The Kier molecular flexibility index (Phi) is 9.66. The van der Waals surface area contributed by atoms with E-state index in [0.717, 1.165) is 29.4 Å². The Balaban J connectivity index is 2.50. The highest BCUT2D eigenvalue weighted by molar-refractivity contribution is 7.92. The van der Waals surface area contributed by atoms with Crippen LogP contribution in [0.15, 0.2) is 42.5 Å². The van der Waals surface area contributed by atoms with Crippen molar-refractivity contribution < 1.29 is 31.2 Å². The average Bonchev–Trinajstić information content (AvgIpc) is 2.75. The van der Waals surface area contributed by atoms with Crippen LogP contribution in [0, 0.1) is 0 Å². The van der Waals surface area contributed by atoms with Crippen LogP contribution in [0.2, 0.25) is 10.0 Å². The van der Waals surface area contributed by atoms with Gasteiger partial charge >= 0.3 is 6.18 Å². The van der Waals surface area contributed by atoms with Gasteiger partial charge in [-0.3, -0.25) is 13.9 Å². The molecule has 0 heterocycles. The summed E-state index contributed by atoms with van der Waals surface area (Å²) in [6, 6.07) is 6.94. The van der Waals surface area contributed by atoms with Crippen LogP contribution in [0.5, 0.6) is 0 Å². The number of carbonyl (C=O) groups is 2. The molecule has 0 aromatic heterocycles. The van der Waals surface area contributed by atoms with Crippen molar-refractivity contribution >= 4 is 50.7 Å². The third kappa shape index (κ3) is 7.75. The van der Waals surface area contributed by atoms with E-state index in [4.69, 9.17) is 23.2 Å². The minimum absolute atomic E-state index is 0.217. The molecule has 13 heteroatoms. The third-order valence-electron chi connectivity index (χ3n) is 5.13. The molecule has 2 aromatic rings. The van der Waals surface area contributed by atoms with Gasteiger partial charge in [-0.15, -0.1) is 0 Å². The van der Waals surface area contributed by atoms with Crippen LogP contribution in [-0.2, 0) is 32.3 Å². The predicted octanol–water partition coefficient (Wildman–Crippen LogP) is 4.72. The van der Waals surface area contributed by atoms with Crippen LogP contribution >= 0.6 is 23.2 Å². The second-order valence-corrected chi connectivity index (χ2v) is 11.1. The van der Waals surface area contributed by atoms with E-state index in [-0.39, 0.29) is 28.3 Å². The molecule has 1 atom stereocenters. The molecule has 0 radical (unpaired) electrons. The van der Waals surface area contributed by atoms with Gasteiger partial charge in [0, 0.05) is 28.2 Å². The fraction of sp³-hybridized carbons (Fsp3) is 0.391. The van der Waals surface area contributed by atoms with Gasteiger partial charge in [0.2, 0.25) is 21.8 Å². The summed E-state index contributed by atoms with van der Waals surface area (Å²) in [5.74, 6) is -1.37. The van der Waals surface area contributed by atoms with Crippen LogP contribution in [0.4, 0.5) is 18.9 Å². The molecule has 2 aromatic carbocycles. The number of nitrogens with one attached hydrogen (secondary N) is 1. The zero-order valence-electron chi connectivity index (χ0n) is 19.9. The van der Waals surface area contributed by atoms with Gasteiger partial charge < -0.3 is 10.2 Å². The smallest absolute Gasteiger partial charge is 0.352 e. The maximum absolute atomic E-state index is 13.4. The molecule has 36 heavy (non-hydrogen) atoms. The number of alkyl halides is 3. The Hall–Kier alpha value is -2.50. The van der Waals surface area contributed by atoms with Crippen LogP contribution in [0.25, 0.3) is 0 Å². The molecule has 0 saturated carbocycles. The highest BCUT2D eigenvalue weighted by Gasteiger charge is 2.34. The number of hydrogen-bond acceptors (Lipinski definition) is 4. The van der Waals surface area contributed by atoms with Crippen molar-refractivity contribution in [3.63, 3.8) is 0 Å². The highest BCUT2D eigenvalue weighted by atomic mass is 35.5. The molecule has 0 spiro atoms. The van der Waals surface area contributed by atoms with E-state index in [1.165, 1.54) is 19.1 Å². The maximum atomic E-state index is 13.4. The topological polar surface area (TPSA) is 86.8 Å². The van der Waals surface area contributed by atoms with E-state index in [1.807, 2.05) is 0 Å². The normalized spacial score (nSPS) is 12.8. The lowest BCUT2D eigenvalue weighted by atomic mass is 10.1. The maximum Gasteiger partial charge on any atom is 0.416 e. The lowest BCUT2D eigenvalue weighted by Crippen LogP contribution is -2.52. The van der Waals surface area contributed by atoms with Gasteiger partial charge in [-0.05, 0) is 51.1 Å². The molecular formula is C23H26Cl2F3N3O4S. The third-order valence-corrected chi connectivity index (χ3v) is 6.98. The Morgan fingerprint density at radius 3 is 2.08 bits per heavy atom. The first-order valence-corrected chi connectivity index (χ1v) is 13.3. The first-order chi connectivity index (χ1) is 16.5. The molecule has 1 N–H and O–H groups in total. The molecule has 2 amide bonds. The SMILES string of the molecule is CC(C)NC(=O)[C@@H](C)N(Cc1c(Cl)cccc1Cl)C(=O)CN(c1cccc(C(F)(F)F)c1)S(C)(=O)=O. The highest BCUT2D eigenvalue weighted by Crippen LogP contribution is 2.32. The number of nitrogens with zero attached hydrogens (tertiary/aromatic N) is 2. The van der Waals surface area contributed by atoms with Crippen LogP contribution in [0.1, 0.15) is 31.9 Å². The van der Waals surface area contributed by atoms with Crippen molar-refractivity contribution in [1.82, 2.24) is 10.2 Å². The molecule has 0 unspecified atom stereocenters. The van der Waals surface area contributed by atoms with Crippen molar-refractivity contribution in [3.05, 3.63) is 63.6 Å². The van der Waals surface area contributed by atoms with Crippen LogP contribution in [0.3, 0.4) is 0 Å².